The van der Waals surface area contributed by atoms with Crippen LogP contribution in [-0.4, -0.2) is 15.5 Å². The van der Waals surface area contributed by atoms with Gasteiger partial charge in [0.1, 0.15) is 11.6 Å². The minimum Gasteiger partial charge on any atom is -0.322 e. The first kappa shape index (κ1) is 17.4. The fourth-order valence-corrected chi connectivity index (χ4v) is 3.54. The summed E-state index contributed by atoms with van der Waals surface area (Å²) in [5, 5.41) is 3.25. The molecular formula is C21H20FN3O2. The van der Waals surface area contributed by atoms with Gasteiger partial charge < -0.3 is 5.32 Å². The fraction of sp³-hybridized carbons (Fsp3) is 0.286. The fourth-order valence-electron chi connectivity index (χ4n) is 3.54. The standard InChI is InChI=1S/C21H20FN3O2/c1-13-3-2-4-19-24-18-11-14(5-10-17(18)21(27)25(19)12-13)20(26)23-16-8-6-15(22)7-9-16/h5-11,13H,2-4,12H2,1H3,(H,23,26). The topological polar surface area (TPSA) is 64.0 Å². The van der Waals surface area contributed by atoms with Crippen LogP contribution in [0.15, 0.2) is 47.3 Å². The van der Waals surface area contributed by atoms with Gasteiger partial charge in [-0.3, -0.25) is 14.2 Å². The molecular weight excluding hydrogens is 345 g/mol. The first-order valence-corrected chi connectivity index (χ1v) is 9.11. The van der Waals surface area contributed by atoms with Crippen LogP contribution < -0.4 is 10.9 Å². The molecule has 0 radical (unpaired) electrons. The van der Waals surface area contributed by atoms with E-state index in [1.807, 2.05) is 0 Å². The number of nitrogens with zero attached hydrogens (tertiary/aromatic N) is 2. The van der Waals surface area contributed by atoms with Gasteiger partial charge >= 0.3 is 0 Å². The molecule has 0 saturated carbocycles. The summed E-state index contributed by atoms with van der Waals surface area (Å²) < 4.78 is 14.8. The van der Waals surface area contributed by atoms with Crippen LogP contribution >= 0.6 is 0 Å². The van der Waals surface area contributed by atoms with E-state index < -0.39 is 0 Å². The Kier molecular flexibility index (Phi) is 4.48. The number of amides is 1. The molecule has 1 aliphatic rings. The molecule has 2 aromatic carbocycles. The van der Waals surface area contributed by atoms with Crippen molar-refractivity contribution < 1.29 is 9.18 Å². The van der Waals surface area contributed by atoms with Gasteiger partial charge in [0, 0.05) is 24.2 Å². The highest BCUT2D eigenvalue weighted by molar-refractivity contribution is 6.06. The van der Waals surface area contributed by atoms with E-state index in [0.717, 1.165) is 25.1 Å². The molecule has 1 amide bonds. The normalized spacial score (nSPS) is 16.6. The van der Waals surface area contributed by atoms with Crippen molar-refractivity contribution in [2.45, 2.75) is 32.7 Å². The number of benzene rings is 2. The highest BCUT2D eigenvalue weighted by atomic mass is 19.1. The molecule has 1 aromatic heterocycles. The van der Waals surface area contributed by atoms with Crippen molar-refractivity contribution in [3.8, 4) is 0 Å². The molecule has 5 nitrogen and oxygen atoms in total. The molecule has 27 heavy (non-hydrogen) atoms. The summed E-state index contributed by atoms with van der Waals surface area (Å²) in [7, 11) is 0. The maximum Gasteiger partial charge on any atom is 0.261 e. The van der Waals surface area contributed by atoms with E-state index in [1.165, 1.54) is 24.3 Å². The lowest BCUT2D eigenvalue weighted by Crippen LogP contribution is -2.26. The van der Waals surface area contributed by atoms with E-state index in [2.05, 4.69) is 17.2 Å². The molecule has 0 bridgehead atoms. The third-order valence-electron chi connectivity index (χ3n) is 4.99. The van der Waals surface area contributed by atoms with Crippen LogP contribution in [0.4, 0.5) is 10.1 Å². The summed E-state index contributed by atoms with van der Waals surface area (Å²) >= 11 is 0. The molecule has 1 aliphatic heterocycles. The minimum atomic E-state index is -0.363. The number of halogens is 1. The number of carbonyl (C=O) groups excluding carboxylic acids is 1. The van der Waals surface area contributed by atoms with Crippen molar-refractivity contribution in [1.82, 2.24) is 9.55 Å². The number of anilines is 1. The second kappa shape index (κ2) is 6.95. The SMILES string of the molecule is CC1CCCc2nc3cc(C(=O)Nc4ccc(F)cc4)ccc3c(=O)n2C1. The Morgan fingerprint density at radius 2 is 2.00 bits per heavy atom. The quantitative estimate of drug-likeness (QED) is 0.752. The Morgan fingerprint density at radius 1 is 1.22 bits per heavy atom. The number of rotatable bonds is 2. The molecule has 0 aliphatic carbocycles. The predicted octanol–water partition coefficient (Wildman–Crippen LogP) is 3.76. The first-order chi connectivity index (χ1) is 13.0. The average Bonchev–Trinajstić information content (AvgIpc) is 2.84. The van der Waals surface area contributed by atoms with Gasteiger partial charge in [-0.05, 0) is 61.2 Å². The largest absolute Gasteiger partial charge is 0.322 e. The van der Waals surface area contributed by atoms with Crippen molar-refractivity contribution in [2.24, 2.45) is 5.92 Å². The number of hydrogen-bond donors (Lipinski definition) is 1. The summed E-state index contributed by atoms with van der Waals surface area (Å²) in [6.45, 7) is 2.83. The average molecular weight is 365 g/mol. The highest BCUT2D eigenvalue weighted by Crippen LogP contribution is 2.20. The number of carbonyl (C=O) groups is 1. The van der Waals surface area contributed by atoms with Crippen LogP contribution in [0, 0.1) is 11.7 Å². The number of nitrogens with one attached hydrogen (secondary N) is 1. The maximum atomic E-state index is 13.0. The summed E-state index contributed by atoms with van der Waals surface area (Å²) in [6, 6.07) is 10.5. The number of fused-ring (bicyclic) bond motifs is 2. The van der Waals surface area contributed by atoms with Crippen LogP contribution in [0.3, 0.4) is 0 Å². The van der Waals surface area contributed by atoms with E-state index in [4.69, 9.17) is 0 Å². The van der Waals surface area contributed by atoms with Crippen LogP contribution in [0.2, 0.25) is 0 Å². The van der Waals surface area contributed by atoms with E-state index in [0.29, 0.717) is 34.6 Å². The zero-order valence-corrected chi connectivity index (χ0v) is 15.0. The smallest absolute Gasteiger partial charge is 0.261 e. The molecule has 1 atom stereocenters. The Bertz CT molecular complexity index is 1070. The van der Waals surface area contributed by atoms with Crippen LogP contribution in [0.1, 0.15) is 35.9 Å². The maximum absolute atomic E-state index is 13.0. The lowest BCUT2D eigenvalue weighted by Gasteiger charge is -2.13. The van der Waals surface area contributed by atoms with Gasteiger partial charge in [0.05, 0.1) is 10.9 Å². The second-order valence-electron chi connectivity index (χ2n) is 7.13. The van der Waals surface area contributed by atoms with Crippen molar-refractivity contribution in [2.75, 3.05) is 5.32 Å². The Balaban J connectivity index is 1.69. The van der Waals surface area contributed by atoms with Crippen molar-refractivity contribution in [1.29, 1.82) is 0 Å². The molecule has 138 valence electrons. The zero-order chi connectivity index (χ0) is 19.0. The molecule has 6 heteroatoms. The number of aryl methyl sites for hydroxylation is 1. The van der Waals surface area contributed by atoms with Crippen LogP contribution in [0.25, 0.3) is 10.9 Å². The van der Waals surface area contributed by atoms with Gasteiger partial charge in [-0.2, -0.15) is 0 Å². The van der Waals surface area contributed by atoms with Gasteiger partial charge in [0.15, 0.2) is 0 Å². The van der Waals surface area contributed by atoms with E-state index >= 15 is 0 Å². The monoisotopic (exact) mass is 365 g/mol. The Morgan fingerprint density at radius 3 is 2.78 bits per heavy atom. The molecule has 0 fully saturated rings. The number of aromatic nitrogens is 2. The third kappa shape index (κ3) is 3.47. The second-order valence-corrected chi connectivity index (χ2v) is 7.13. The van der Waals surface area contributed by atoms with Gasteiger partial charge in [0.25, 0.3) is 11.5 Å². The Labute approximate surface area is 155 Å². The minimum absolute atomic E-state index is 0.0470. The van der Waals surface area contributed by atoms with E-state index in [9.17, 15) is 14.0 Å². The molecule has 2 heterocycles. The van der Waals surface area contributed by atoms with Gasteiger partial charge in [-0.25, -0.2) is 9.37 Å². The van der Waals surface area contributed by atoms with Crippen molar-refractivity contribution in [3.63, 3.8) is 0 Å². The third-order valence-corrected chi connectivity index (χ3v) is 4.99. The summed E-state index contributed by atoms with van der Waals surface area (Å²) in [5.74, 6) is 0.546. The summed E-state index contributed by atoms with van der Waals surface area (Å²) in [5.41, 5.74) is 1.40. The molecule has 3 aromatic rings. The summed E-state index contributed by atoms with van der Waals surface area (Å²) in [4.78, 5) is 30.0. The lowest BCUT2D eigenvalue weighted by atomic mass is 10.1. The van der Waals surface area contributed by atoms with Crippen LogP contribution in [-0.2, 0) is 13.0 Å². The molecule has 1 N–H and O–H groups in total. The number of hydrogen-bond acceptors (Lipinski definition) is 3. The van der Waals surface area contributed by atoms with Gasteiger partial charge in [0.2, 0.25) is 0 Å². The highest BCUT2D eigenvalue weighted by Gasteiger charge is 2.18. The lowest BCUT2D eigenvalue weighted by molar-refractivity contribution is 0.102. The summed E-state index contributed by atoms with van der Waals surface area (Å²) in [6.07, 6.45) is 2.84. The van der Waals surface area contributed by atoms with E-state index in [-0.39, 0.29) is 17.3 Å². The van der Waals surface area contributed by atoms with Crippen LogP contribution in [0.5, 0.6) is 0 Å². The van der Waals surface area contributed by atoms with Crippen molar-refractivity contribution >= 4 is 22.5 Å². The molecule has 0 spiro atoms. The van der Waals surface area contributed by atoms with Crippen molar-refractivity contribution in [3.05, 3.63) is 70.0 Å². The predicted molar refractivity (Wildman–Crippen MR) is 102 cm³/mol. The Hall–Kier alpha value is -3.02. The van der Waals surface area contributed by atoms with Gasteiger partial charge in [-0.15, -0.1) is 0 Å². The van der Waals surface area contributed by atoms with Gasteiger partial charge in [-0.1, -0.05) is 6.92 Å². The van der Waals surface area contributed by atoms with E-state index in [1.54, 1.807) is 22.8 Å². The zero-order valence-electron chi connectivity index (χ0n) is 15.0. The molecule has 4 rings (SSSR count). The first-order valence-electron chi connectivity index (χ1n) is 9.11. The molecule has 0 saturated heterocycles. The molecule has 1 unspecified atom stereocenters.